The summed E-state index contributed by atoms with van der Waals surface area (Å²) in [5.74, 6) is -0.194. The van der Waals surface area contributed by atoms with E-state index < -0.39 is 0 Å². The van der Waals surface area contributed by atoms with Crippen molar-refractivity contribution in [3.63, 3.8) is 0 Å². The summed E-state index contributed by atoms with van der Waals surface area (Å²) in [5.41, 5.74) is 2.30. The number of piperidine rings is 1. The number of para-hydroxylation sites is 1. The largest absolute Gasteiger partial charge is 0.326 e. The molecule has 4 rings (SSSR count). The number of hydrogen-bond donors (Lipinski definition) is 2. The van der Waals surface area contributed by atoms with Crippen LogP contribution in [0, 0.1) is 5.92 Å². The third kappa shape index (κ3) is 4.62. The van der Waals surface area contributed by atoms with Crippen LogP contribution >= 0.6 is 0 Å². The van der Waals surface area contributed by atoms with Gasteiger partial charge in [0.1, 0.15) is 0 Å². The van der Waals surface area contributed by atoms with Gasteiger partial charge < -0.3 is 20.4 Å². The lowest BCUT2D eigenvalue weighted by molar-refractivity contribution is -0.121. The lowest BCUT2D eigenvalue weighted by atomic mass is 9.97. The molecule has 2 aromatic rings. The van der Waals surface area contributed by atoms with Gasteiger partial charge in [-0.2, -0.15) is 0 Å². The number of nitrogens with zero attached hydrogens (tertiary/aromatic N) is 2. The van der Waals surface area contributed by atoms with Gasteiger partial charge in [0, 0.05) is 43.1 Å². The van der Waals surface area contributed by atoms with E-state index in [4.69, 9.17) is 0 Å². The molecule has 2 N–H and O–H groups in total. The SMILES string of the molecule is O=C(Nc1ccc(N2CCCC2=O)cc1)[C@@H]1CCCN(C(=O)Nc2ccccc2)C1. The first-order valence-electron chi connectivity index (χ1n) is 10.4. The van der Waals surface area contributed by atoms with Crippen LogP contribution in [0.1, 0.15) is 25.7 Å². The highest BCUT2D eigenvalue weighted by Crippen LogP contribution is 2.24. The van der Waals surface area contributed by atoms with Crippen molar-refractivity contribution in [1.82, 2.24) is 4.90 Å². The molecule has 4 amide bonds. The lowest BCUT2D eigenvalue weighted by Gasteiger charge is -2.32. The number of anilines is 3. The maximum atomic E-state index is 12.8. The van der Waals surface area contributed by atoms with Crippen LogP contribution in [0.5, 0.6) is 0 Å². The quantitative estimate of drug-likeness (QED) is 0.812. The Labute approximate surface area is 176 Å². The molecule has 1 atom stereocenters. The van der Waals surface area contributed by atoms with Gasteiger partial charge in [-0.1, -0.05) is 18.2 Å². The second-order valence-electron chi connectivity index (χ2n) is 7.77. The maximum absolute atomic E-state index is 12.8. The van der Waals surface area contributed by atoms with E-state index in [0.29, 0.717) is 25.2 Å². The summed E-state index contributed by atoms with van der Waals surface area (Å²) in [5, 5.41) is 5.83. The average Bonchev–Trinajstić information content (AvgIpc) is 3.21. The van der Waals surface area contributed by atoms with E-state index in [1.165, 1.54) is 0 Å². The van der Waals surface area contributed by atoms with Gasteiger partial charge in [0.15, 0.2) is 0 Å². The normalized spacial score (nSPS) is 18.9. The van der Waals surface area contributed by atoms with Crippen LogP contribution in [0.3, 0.4) is 0 Å². The van der Waals surface area contributed by atoms with Crippen molar-refractivity contribution in [3.8, 4) is 0 Å². The molecule has 0 unspecified atom stereocenters. The molecule has 30 heavy (non-hydrogen) atoms. The fourth-order valence-corrected chi connectivity index (χ4v) is 3.99. The van der Waals surface area contributed by atoms with Gasteiger partial charge in [-0.3, -0.25) is 9.59 Å². The van der Waals surface area contributed by atoms with Crippen LogP contribution in [0.25, 0.3) is 0 Å². The Kier molecular flexibility index (Phi) is 5.97. The van der Waals surface area contributed by atoms with E-state index in [2.05, 4.69) is 10.6 Å². The number of rotatable bonds is 4. The minimum atomic E-state index is -0.250. The van der Waals surface area contributed by atoms with Gasteiger partial charge in [0.05, 0.1) is 5.92 Å². The fraction of sp³-hybridized carbons (Fsp3) is 0.348. The number of urea groups is 1. The van der Waals surface area contributed by atoms with Crippen LogP contribution < -0.4 is 15.5 Å². The molecule has 0 saturated carbocycles. The number of amides is 4. The summed E-state index contributed by atoms with van der Waals surface area (Å²) in [6.45, 7) is 1.78. The number of benzene rings is 2. The summed E-state index contributed by atoms with van der Waals surface area (Å²) in [6.07, 6.45) is 3.01. The second kappa shape index (κ2) is 8.98. The molecular weight excluding hydrogens is 380 g/mol. The average molecular weight is 406 g/mol. The highest BCUT2D eigenvalue weighted by Gasteiger charge is 2.28. The summed E-state index contributed by atoms with van der Waals surface area (Å²) >= 11 is 0. The summed E-state index contributed by atoms with van der Waals surface area (Å²) < 4.78 is 0. The number of hydrogen-bond acceptors (Lipinski definition) is 3. The Balaban J connectivity index is 1.33. The van der Waals surface area contributed by atoms with E-state index in [9.17, 15) is 14.4 Å². The molecule has 2 fully saturated rings. The predicted octanol–water partition coefficient (Wildman–Crippen LogP) is 3.70. The maximum Gasteiger partial charge on any atom is 0.321 e. The van der Waals surface area contributed by atoms with E-state index >= 15 is 0 Å². The number of likely N-dealkylation sites (tertiary alicyclic amines) is 1. The molecule has 156 valence electrons. The summed E-state index contributed by atoms with van der Waals surface area (Å²) in [4.78, 5) is 40.6. The van der Waals surface area contributed by atoms with E-state index in [-0.39, 0.29) is 23.8 Å². The molecule has 0 spiro atoms. The third-order valence-corrected chi connectivity index (χ3v) is 5.62. The van der Waals surface area contributed by atoms with E-state index in [1.807, 2.05) is 54.6 Å². The molecule has 2 aliphatic heterocycles. The Hall–Kier alpha value is -3.35. The molecule has 7 nitrogen and oxygen atoms in total. The van der Waals surface area contributed by atoms with Gasteiger partial charge >= 0.3 is 6.03 Å². The number of carbonyl (C=O) groups excluding carboxylic acids is 3. The molecule has 0 aliphatic carbocycles. The Morgan fingerprint density at radius 1 is 0.867 bits per heavy atom. The van der Waals surface area contributed by atoms with Gasteiger partial charge in [0.2, 0.25) is 11.8 Å². The standard InChI is InChI=1S/C23H26N4O3/c28-21-9-5-15-27(21)20-12-10-19(11-13-20)24-22(29)17-6-4-14-26(16-17)23(30)25-18-7-2-1-3-8-18/h1-3,7-8,10-13,17H,4-6,9,14-16H2,(H,24,29)(H,25,30)/t17-/m1/s1. The lowest BCUT2D eigenvalue weighted by Crippen LogP contribution is -2.45. The first-order chi connectivity index (χ1) is 14.6. The molecule has 2 heterocycles. The second-order valence-corrected chi connectivity index (χ2v) is 7.77. The highest BCUT2D eigenvalue weighted by molar-refractivity contribution is 5.97. The van der Waals surface area contributed by atoms with Crippen molar-refractivity contribution in [2.45, 2.75) is 25.7 Å². The van der Waals surface area contributed by atoms with Gasteiger partial charge in [0.25, 0.3) is 0 Å². The van der Waals surface area contributed by atoms with E-state index in [0.717, 1.165) is 37.2 Å². The molecule has 0 bridgehead atoms. The fourth-order valence-electron chi connectivity index (χ4n) is 3.99. The van der Waals surface area contributed by atoms with Crippen LogP contribution in [0.4, 0.5) is 21.9 Å². The molecule has 0 aromatic heterocycles. The molecule has 2 aromatic carbocycles. The van der Waals surface area contributed by atoms with Crippen LogP contribution in [-0.4, -0.2) is 42.4 Å². The van der Waals surface area contributed by atoms with Crippen LogP contribution in [-0.2, 0) is 9.59 Å². The molecule has 2 saturated heterocycles. The molecular formula is C23H26N4O3. The minimum Gasteiger partial charge on any atom is -0.326 e. The highest BCUT2D eigenvalue weighted by atomic mass is 16.2. The van der Waals surface area contributed by atoms with E-state index in [1.54, 1.807) is 9.80 Å². The molecule has 2 aliphatic rings. The van der Waals surface area contributed by atoms with Crippen molar-refractivity contribution in [3.05, 3.63) is 54.6 Å². The summed E-state index contributed by atoms with van der Waals surface area (Å²) in [7, 11) is 0. The first kappa shape index (κ1) is 19.9. The molecule has 7 heteroatoms. The molecule has 0 radical (unpaired) electrons. The summed E-state index contributed by atoms with van der Waals surface area (Å²) in [6, 6.07) is 16.5. The van der Waals surface area contributed by atoms with Gasteiger partial charge in [-0.15, -0.1) is 0 Å². The van der Waals surface area contributed by atoms with Crippen molar-refractivity contribution in [2.24, 2.45) is 5.92 Å². The number of nitrogens with one attached hydrogen (secondary N) is 2. The predicted molar refractivity (Wildman–Crippen MR) is 116 cm³/mol. The Morgan fingerprint density at radius 3 is 2.30 bits per heavy atom. The van der Waals surface area contributed by atoms with Crippen molar-refractivity contribution in [2.75, 3.05) is 35.2 Å². The first-order valence-corrected chi connectivity index (χ1v) is 10.4. The van der Waals surface area contributed by atoms with Gasteiger partial charge in [-0.25, -0.2) is 4.79 Å². The zero-order valence-electron chi connectivity index (χ0n) is 16.8. The smallest absolute Gasteiger partial charge is 0.321 e. The van der Waals surface area contributed by atoms with Crippen LogP contribution in [0.2, 0.25) is 0 Å². The van der Waals surface area contributed by atoms with Crippen molar-refractivity contribution < 1.29 is 14.4 Å². The van der Waals surface area contributed by atoms with Crippen molar-refractivity contribution in [1.29, 1.82) is 0 Å². The Bertz CT molecular complexity index is 914. The van der Waals surface area contributed by atoms with Crippen LogP contribution in [0.15, 0.2) is 54.6 Å². The zero-order valence-corrected chi connectivity index (χ0v) is 16.8. The van der Waals surface area contributed by atoms with Crippen molar-refractivity contribution >= 4 is 34.9 Å². The minimum absolute atomic E-state index is 0.0859. The topological polar surface area (TPSA) is 81.8 Å². The Morgan fingerprint density at radius 2 is 1.60 bits per heavy atom. The number of carbonyl (C=O) groups is 3. The third-order valence-electron chi connectivity index (χ3n) is 5.62. The zero-order chi connectivity index (χ0) is 20.9. The van der Waals surface area contributed by atoms with Gasteiger partial charge in [-0.05, 0) is 55.7 Å². The monoisotopic (exact) mass is 406 g/mol.